The summed E-state index contributed by atoms with van der Waals surface area (Å²) in [4.78, 5) is 11.7. The van der Waals surface area contributed by atoms with Crippen LogP contribution >= 0.6 is 0 Å². The molecule has 0 aromatic rings. The molecule has 0 N–H and O–H groups in total. The maximum absolute atomic E-state index is 11.7. The molecule has 0 saturated carbocycles. The molecule has 0 saturated heterocycles. The highest BCUT2D eigenvalue weighted by molar-refractivity contribution is 5.96. The molecule has 0 amide bonds. The van der Waals surface area contributed by atoms with Gasteiger partial charge in [-0.3, -0.25) is 4.79 Å². The lowest BCUT2D eigenvalue weighted by Gasteiger charge is -2.08. The first-order valence-corrected chi connectivity index (χ1v) is 5.28. The Labute approximate surface area is 86.2 Å². The van der Waals surface area contributed by atoms with Gasteiger partial charge in [0.15, 0.2) is 5.78 Å². The maximum atomic E-state index is 11.7. The number of rotatable bonds is 3. The summed E-state index contributed by atoms with van der Waals surface area (Å²) >= 11 is 0. The van der Waals surface area contributed by atoms with Gasteiger partial charge in [-0.15, -0.1) is 0 Å². The van der Waals surface area contributed by atoms with Crippen molar-refractivity contribution < 1.29 is 4.79 Å². The normalized spacial score (nSPS) is 16.6. The van der Waals surface area contributed by atoms with Crippen LogP contribution in [0.25, 0.3) is 0 Å². The summed E-state index contributed by atoms with van der Waals surface area (Å²) in [6, 6.07) is 0. The lowest BCUT2D eigenvalue weighted by atomic mass is 9.96. The summed E-state index contributed by atoms with van der Waals surface area (Å²) in [5.74, 6) is 0.286. The van der Waals surface area contributed by atoms with Crippen molar-refractivity contribution in [1.82, 2.24) is 0 Å². The Morgan fingerprint density at radius 3 is 2.71 bits per heavy atom. The Bertz CT molecular complexity index is 316. The maximum Gasteiger partial charge on any atom is 0.159 e. The van der Waals surface area contributed by atoms with Crippen LogP contribution in [0.3, 0.4) is 0 Å². The van der Waals surface area contributed by atoms with Crippen molar-refractivity contribution in [3.05, 3.63) is 34.9 Å². The SMILES string of the molecule is CCC(=O)C1=C(C)C=CC=C(CC)C1. The summed E-state index contributed by atoms with van der Waals surface area (Å²) < 4.78 is 0. The number of allylic oxidation sites excluding steroid dienone is 6. The first-order chi connectivity index (χ1) is 6.69. The largest absolute Gasteiger partial charge is 0.295 e. The predicted octanol–water partition coefficient (Wildman–Crippen LogP) is 3.58. The monoisotopic (exact) mass is 190 g/mol. The van der Waals surface area contributed by atoms with Gasteiger partial charge < -0.3 is 0 Å². The highest BCUT2D eigenvalue weighted by Crippen LogP contribution is 2.23. The lowest BCUT2D eigenvalue weighted by Crippen LogP contribution is -2.03. The third-order valence-electron chi connectivity index (χ3n) is 2.67. The first kappa shape index (κ1) is 11.0. The van der Waals surface area contributed by atoms with Crippen LogP contribution in [0.5, 0.6) is 0 Å². The van der Waals surface area contributed by atoms with Crippen molar-refractivity contribution in [2.24, 2.45) is 0 Å². The molecule has 0 heterocycles. The average Bonchev–Trinajstić information content (AvgIpc) is 2.39. The molecule has 1 aliphatic rings. The molecule has 0 aromatic heterocycles. The van der Waals surface area contributed by atoms with Crippen LogP contribution in [0, 0.1) is 0 Å². The van der Waals surface area contributed by atoms with Crippen molar-refractivity contribution in [2.75, 3.05) is 0 Å². The number of ketones is 1. The molecular weight excluding hydrogens is 172 g/mol. The van der Waals surface area contributed by atoms with E-state index < -0.39 is 0 Å². The second-order valence-corrected chi connectivity index (χ2v) is 3.65. The molecule has 76 valence electrons. The zero-order valence-electron chi connectivity index (χ0n) is 9.26. The fraction of sp³-hybridized carbons (Fsp3) is 0.462. The van der Waals surface area contributed by atoms with Crippen LogP contribution in [-0.4, -0.2) is 5.78 Å². The van der Waals surface area contributed by atoms with Crippen LogP contribution in [0.1, 0.15) is 40.0 Å². The van der Waals surface area contributed by atoms with E-state index in [1.165, 1.54) is 5.57 Å². The molecule has 0 bridgehead atoms. The molecule has 0 aromatic carbocycles. The van der Waals surface area contributed by atoms with E-state index in [0.717, 1.165) is 24.0 Å². The van der Waals surface area contributed by atoms with Gasteiger partial charge in [0.25, 0.3) is 0 Å². The average molecular weight is 190 g/mol. The molecule has 0 unspecified atom stereocenters. The van der Waals surface area contributed by atoms with Gasteiger partial charge in [0.1, 0.15) is 0 Å². The van der Waals surface area contributed by atoms with Gasteiger partial charge >= 0.3 is 0 Å². The first-order valence-electron chi connectivity index (χ1n) is 5.28. The minimum absolute atomic E-state index is 0.286. The van der Waals surface area contributed by atoms with Crippen molar-refractivity contribution in [3.63, 3.8) is 0 Å². The van der Waals surface area contributed by atoms with Gasteiger partial charge in [-0.1, -0.05) is 37.6 Å². The molecule has 14 heavy (non-hydrogen) atoms. The van der Waals surface area contributed by atoms with E-state index in [1.807, 2.05) is 26.0 Å². The predicted molar refractivity (Wildman–Crippen MR) is 60.1 cm³/mol. The van der Waals surface area contributed by atoms with Gasteiger partial charge in [0, 0.05) is 12.0 Å². The molecule has 1 aliphatic carbocycles. The number of carbonyl (C=O) groups excluding carboxylic acids is 1. The van der Waals surface area contributed by atoms with E-state index in [9.17, 15) is 4.79 Å². The van der Waals surface area contributed by atoms with Gasteiger partial charge in [-0.2, -0.15) is 0 Å². The third-order valence-corrected chi connectivity index (χ3v) is 2.67. The van der Waals surface area contributed by atoms with Gasteiger partial charge in [0.05, 0.1) is 0 Å². The smallest absolute Gasteiger partial charge is 0.159 e. The molecule has 0 fully saturated rings. The van der Waals surface area contributed by atoms with Crippen LogP contribution < -0.4 is 0 Å². The number of hydrogen-bond donors (Lipinski definition) is 0. The zero-order valence-corrected chi connectivity index (χ0v) is 9.26. The van der Waals surface area contributed by atoms with Crippen LogP contribution in [0.15, 0.2) is 34.9 Å². The Morgan fingerprint density at radius 1 is 1.43 bits per heavy atom. The quantitative estimate of drug-likeness (QED) is 0.664. The van der Waals surface area contributed by atoms with E-state index in [4.69, 9.17) is 0 Å². The summed E-state index contributed by atoms with van der Waals surface area (Å²) in [6.07, 6.45) is 8.67. The summed E-state index contributed by atoms with van der Waals surface area (Å²) in [7, 11) is 0. The van der Waals surface area contributed by atoms with Gasteiger partial charge in [-0.05, 0) is 25.3 Å². The summed E-state index contributed by atoms with van der Waals surface area (Å²) in [6.45, 7) is 6.08. The Balaban J connectivity index is 2.97. The summed E-state index contributed by atoms with van der Waals surface area (Å²) in [5, 5.41) is 0. The minimum Gasteiger partial charge on any atom is -0.295 e. The van der Waals surface area contributed by atoms with Crippen LogP contribution in [-0.2, 0) is 4.79 Å². The zero-order chi connectivity index (χ0) is 10.6. The third kappa shape index (κ3) is 2.44. The highest BCUT2D eigenvalue weighted by Gasteiger charge is 2.12. The molecule has 0 radical (unpaired) electrons. The Hall–Kier alpha value is -1.11. The van der Waals surface area contributed by atoms with E-state index in [2.05, 4.69) is 13.0 Å². The topological polar surface area (TPSA) is 17.1 Å². The molecule has 1 nitrogen and oxygen atoms in total. The van der Waals surface area contributed by atoms with Crippen LogP contribution in [0.4, 0.5) is 0 Å². The Kier molecular flexibility index (Phi) is 3.87. The van der Waals surface area contributed by atoms with Crippen LogP contribution in [0.2, 0.25) is 0 Å². The summed E-state index contributed by atoms with van der Waals surface area (Å²) in [5.41, 5.74) is 3.46. The molecular formula is C13H18O. The molecule has 1 heteroatoms. The van der Waals surface area contributed by atoms with Crippen molar-refractivity contribution in [1.29, 1.82) is 0 Å². The number of hydrogen-bond acceptors (Lipinski definition) is 1. The standard InChI is InChI=1S/C13H18O/c1-4-11-8-6-7-10(3)12(9-11)13(14)5-2/h6-8H,4-5,9H2,1-3H3. The fourth-order valence-corrected chi connectivity index (χ4v) is 1.63. The second kappa shape index (κ2) is 4.94. The number of carbonyl (C=O) groups is 1. The molecule has 0 aliphatic heterocycles. The lowest BCUT2D eigenvalue weighted by molar-refractivity contribution is -0.115. The highest BCUT2D eigenvalue weighted by atomic mass is 16.1. The van der Waals surface area contributed by atoms with E-state index in [1.54, 1.807) is 0 Å². The second-order valence-electron chi connectivity index (χ2n) is 3.65. The van der Waals surface area contributed by atoms with Crippen molar-refractivity contribution >= 4 is 5.78 Å². The van der Waals surface area contributed by atoms with Crippen molar-refractivity contribution in [3.8, 4) is 0 Å². The van der Waals surface area contributed by atoms with Gasteiger partial charge in [-0.25, -0.2) is 0 Å². The fourth-order valence-electron chi connectivity index (χ4n) is 1.63. The van der Waals surface area contributed by atoms with E-state index in [-0.39, 0.29) is 5.78 Å². The van der Waals surface area contributed by atoms with Crippen molar-refractivity contribution in [2.45, 2.75) is 40.0 Å². The van der Waals surface area contributed by atoms with E-state index >= 15 is 0 Å². The Morgan fingerprint density at radius 2 is 2.14 bits per heavy atom. The molecule has 0 atom stereocenters. The van der Waals surface area contributed by atoms with Gasteiger partial charge in [0.2, 0.25) is 0 Å². The minimum atomic E-state index is 0.286. The molecule has 1 rings (SSSR count). The number of Topliss-reactive ketones (excluding diaryl/α,β-unsaturated/α-hetero) is 1. The van der Waals surface area contributed by atoms with E-state index in [0.29, 0.717) is 6.42 Å². The molecule has 0 spiro atoms.